The number of phosphoric acid groups is 2. The molecule has 0 saturated carbocycles. The number of phosphoric ester groups is 2. The van der Waals surface area contributed by atoms with Crippen molar-refractivity contribution >= 4 is 72.9 Å². The molecule has 626 valence electrons. The lowest BCUT2D eigenvalue weighted by Gasteiger charge is -2.20. The highest BCUT2D eigenvalue weighted by atomic mass is 33.1. The third-order valence-corrected chi connectivity index (χ3v) is 23.5. The number of rotatable bonds is 85. The monoisotopic (exact) mass is 1590 g/mol. The molecule has 2 unspecified atom stereocenters. The van der Waals surface area contributed by atoms with Crippen molar-refractivity contribution in [2.24, 2.45) is 0 Å². The van der Waals surface area contributed by atoms with Crippen LogP contribution in [0, 0.1) is 0 Å². The van der Waals surface area contributed by atoms with E-state index in [0.29, 0.717) is 50.0 Å². The van der Waals surface area contributed by atoms with Gasteiger partial charge in [0.2, 0.25) is 11.8 Å². The summed E-state index contributed by atoms with van der Waals surface area (Å²) >= 11 is 0. The lowest BCUT2D eigenvalue weighted by atomic mass is 10.0. The molecule has 0 spiro atoms. The molecule has 20 nitrogen and oxygen atoms in total. The fraction of sp³-hybridized carbons (Fsp3) is 0.927. The summed E-state index contributed by atoms with van der Waals surface area (Å²) in [5.41, 5.74) is 0. The van der Waals surface area contributed by atoms with Gasteiger partial charge in [-0.25, -0.2) is 9.13 Å². The van der Waals surface area contributed by atoms with Crippen LogP contribution in [-0.2, 0) is 74.9 Å². The smallest absolute Gasteiger partial charge is 0.462 e. The van der Waals surface area contributed by atoms with Crippen LogP contribution in [0.25, 0.3) is 0 Å². The molecule has 2 amide bonds. The van der Waals surface area contributed by atoms with Gasteiger partial charge in [0.15, 0.2) is 12.2 Å². The summed E-state index contributed by atoms with van der Waals surface area (Å²) in [6.45, 7) is 6.48. The van der Waals surface area contributed by atoms with Crippen LogP contribution >= 0.6 is 37.2 Å². The Morgan fingerprint density at radius 3 is 0.736 bits per heavy atom. The van der Waals surface area contributed by atoms with Gasteiger partial charge >= 0.3 is 39.5 Å². The number of carbonyl (C=O) groups is 6. The standard InChI is InChI=1S/C82H158N2O18P2S2/c1-5-9-13-17-21-25-29-31-33-35-39-42-46-50-54-62-80(88)96-72-76(102-82(90)64-56-52-48-44-40-36-34-32-30-26-22-18-14-10-6-2)74-100-104(93,94)98-68-66-84-78(86)60-58-70-106-105-69-57-59-77(85)83-65-67-97-103(91,92)99-73-75(101-81(89)63-55-51-47-43-38-28-24-20-16-12-8-4)71-95-79(87)61-53-49-45-41-37-27-23-19-15-11-7-3/h75-76H,5-74H2,1-4H3,(H,83,85)(H,84,86)(H,91,92)(H,93,94)/t75-,76-/m1/s1. The Kier molecular flexibility index (Phi) is 77.7. The molecule has 0 aromatic heterocycles. The Bertz CT molecular complexity index is 2140. The van der Waals surface area contributed by atoms with Gasteiger partial charge in [0.25, 0.3) is 0 Å². The lowest BCUT2D eigenvalue weighted by Crippen LogP contribution is -2.30. The van der Waals surface area contributed by atoms with Gasteiger partial charge < -0.3 is 39.4 Å². The molecule has 0 saturated heterocycles. The maximum absolute atomic E-state index is 13.0. The van der Waals surface area contributed by atoms with Crippen LogP contribution in [0.3, 0.4) is 0 Å². The van der Waals surface area contributed by atoms with Gasteiger partial charge in [0.05, 0.1) is 26.4 Å². The minimum Gasteiger partial charge on any atom is -0.462 e. The van der Waals surface area contributed by atoms with E-state index in [4.69, 9.17) is 37.0 Å². The van der Waals surface area contributed by atoms with E-state index < -0.39 is 64.9 Å². The highest BCUT2D eigenvalue weighted by Gasteiger charge is 2.28. The average Bonchev–Trinajstić information content (AvgIpc) is 0.917. The zero-order valence-electron chi connectivity index (χ0n) is 67.8. The second-order valence-corrected chi connectivity index (χ2v) is 34.9. The normalized spacial score (nSPS) is 13.2. The zero-order chi connectivity index (χ0) is 77.6. The first kappa shape index (κ1) is 104. The SMILES string of the molecule is CCCCCCCCCCCCCCCCCC(=O)OC[C@H](COP(=O)(O)OCCNC(=O)CCCSSCCCC(=O)NCCOP(=O)(O)OC[C@@H](COC(=O)CCCCCCCCCCCCC)OC(=O)CCCCCCCCCCCCC)OC(=O)CCCCCCCCCCCCCCCCC. The average molecular weight is 1590 g/mol. The van der Waals surface area contributed by atoms with Crippen molar-refractivity contribution in [3.63, 3.8) is 0 Å². The van der Waals surface area contributed by atoms with Crippen LogP contribution in [-0.4, -0.2) is 122 Å². The molecule has 4 atom stereocenters. The van der Waals surface area contributed by atoms with Crippen LogP contribution in [0.2, 0.25) is 0 Å². The molecule has 4 N–H and O–H groups in total. The van der Waals surface area contributed by atoms with Gasteiger partial charge in [-0.2, -0.15) is 0 Å². The Morgan fingerprint density at radius 1 is 0.283 bits per heavy atom. The third kappa shape index (κ3) is 78.4. The van der Waals surface area contributed by atoms with Gasteiger partial charge in [0.1, 0.15) is 13.2 Å². The van der Waals surface area contributed by atoms with Crippen molar-refractivity contribution in [2.75, 3.05) is 64.2 Å². The topological polar surface area (TPSA) is 275 Å². The number of unbranched alkanes of at least 4 members (excludes halogenated alkanes) is 48. The summed E-state index contributed by atoms with van der Waals surface area (Å²) in [7, 11) is -6.17. The summed E-state index contributed by atoms with van der Waals surface area (Å²) in [6, 6.07) is 0. The Balaban J connectivity index is 4.73. The largest absolute Gasteiger partial charge is 0.472 e. The zero-order valence-corrected chi connectivity index (χ0v) is 71.2. The van der Waals surface area contributed by atoms with E-state index in [2.05, 4.69) is 38.3 Å². The van der Waals surface area contributed by atoms with Crippen molar-refractivity contribution in [3.05, 3.63) is 0 Å². The van der Waals surface area contributed by atoms with E-state index in [1.165, 1.54) is 231 Å². The molecule has 0 aliphatic rings. The summed E-state index contributed by atoms with van der Waals surface area (Å²) in [4.78, 5) is 97.4. The minimum absolute atomic E-state index is 0.0530. The molecule has 0 aliphatic heterocycles. The van der Waals surface area contributed by atoms with Crippen molar-refractivity contribution < 1.29 is 84.7 Å². The van der Waals surface area contributed by atoms with E-state index >= 15 is 0 Å². The van der Waals surface area contributed by atoms with Crippen LogP contribution in [0.1, 0.15) is 413 Å². The fourth-order valence-corrected chi connectivity index (χ4v) is 16.1. The summed E-state index contributed by atoms with van der Waals surface area (Å²) in [5, 5.41) is 5.34. The molecule has 0 fully saturated rings. The molecule has 0 bridgehead atoms. The number of ether oxygens (including phenoxy) is 4. The van der Waals surface area contributed by atoms with Crippen molar-refractivity contribution in [1.29, 1.82) is 0 Å². The van der Waals surface area contributed by atoms with Gasteiger partial charge in [-0.3, -0.25) is 46.9 Å². The Hall–Kier alpha value is -2.26. The summed E-state index contributed by atoms with van der Waals surface area (Å²) in [6.07, 6.45) is 61.4. The molecule has 0 aromatic rings. The molecule has 106 heavy (non-hydrogen) atoms. The Labute approximate surface area is 654 Å². The van der Waals surface area contributed by atoms with Crippen LogP contribution < -0.4 is 10.6 Å². The first-order valence-corrected chi connectivity index (χ1v) is 48.8. The first-order valence-electron chi connectivity index (χ1n) is 43.3. The quantitative estimate of drug-likeness (QED) is 0.0145. The fourth-order valence-electron chi connectivity index (χ4n) is 12.4. The first-order chi connectivity index (χ1) is 51.6. The molecular weight excluding hydrogens is 1430 g/mol. The number of hydrogen-bond acceptors (Lipinski definition) is 18. The van der Waals surface area contributed by atoms with Crippen LogP contribution in [0.15, 0.2) is 0 Å². The predicted octanol–water partition coefficient (Wildman–Crippen LogP) is 23.3. The number of amides is 2. The van der Waals surface area contributed by atoms with E-state index in [1.54, 1.807) is 21.6 Å². The Morgan fingerprint density at radius 2 is 0.500 bits per heavy atom. The van der Waals surface area contributed by atoms with Crippen LogP contribution in [0.5, 0.6) is 0 Å². The van der Waals surface area contributed by atoms with Crippen molar-refractivity contribution in [2.45, 2.75) is 425 Å². The van der Waals surface area contributed by atoms with Crippen molar-refractivity contribution in [1.82, 2.24) is 10.6 Å². The van der Waals surface area contributed by atoms with Crippen molar-refractivity contribution in [3.8, 4) is 0 Å². The number of nitrogens with one attached hydrogen (secondary N) is 2. The minimum atomic E-state index is -4.65. The van der Waals surface area contributed by atoms with Gasteiger partial charge in [-0.15, -0.1) is 0 Å². The number of carbonyl (C=O) groups excluding carboxylic acids is 6. The van der Waals surface area contributed by atoms with Gasteiger partial charge in [-0.05, 0) is 38.5 Å². The van der Waals surface area contributed by atoms with E-state index in [9.17, 15) is 47.7 Å². The highest BCUT2D eigenvalue weighted by Crippen LogP contribution is 2.44. The maximum atomic E-state index is 13.0. The number of hydrogen-bond donors (Lipinski definition) is 4. The van der Waals surface area contributed by atoms with Gasteiger partial charge in [0, 0.05) is 63.1 Å². The van der Waals surface area contributed by atoms with E-state index in [-0.39, 0.29) is 89.9 Å². The maximum Gasteiger partial charge on any atom is 0.472 e. The predicted molar refractivity (Wildman–Crippen MR) is 436 cm³/mol. The molecule has 0 rings (SSSR count). The van der Waals surface area contributed by atoms with Crippen LogP contribution in [0.4, 0.5) is 0 Å². The third-order valence-electron chi connectivity index (χ3n) is 18.9. The number of esters is 4. The molecule has 0 heterocycles. The van der Waals surface area contributed by atoms with Gasteiger partial charge in [-0.1, -0.05) is 357 Å². The van der Waals surface area contributed by atoms with E-state index in [0.717, 1.165) is 77.0 Å². The molecule has 0 aromatic carbocycles. The second-order valence-electron chi connectivity index (χ2n) is 29.3. The van der Waals surface area contributed by atoms with E-state index in [1.807, 2.05) is 0 Å². The second kappa shape index (κ2) is 79.4. The molecule has 0 radical (unpaired) electrons. The molecule has 24 heteroatoms. The summed E-state index contributed by atoms with van der Waals surface area (Å²) < 4.78 is 68.6. The molecular formula is C82H158N2O18P2S2. The summed E-state index contributed by atoms with van der Waals surface area (Å²) in [5.74, 6) is -1.08. The lowest BCUT2D eigenvalue weighted by molar-refractivity contribution is -0.161. The highest BCUT2D eigenvalue weighted by molar-refractivity contribution is 8.76. The molecule has 0 aliphatic carbocycles.